The van der Waals surface area contributed by atoms with Gasteiger partial charge in [0.05, 0.1) is 6.54 Å². The molecule has 29 heavy (non-hydrogen) atoms. The van der Waals surface area contributed by atoms with Crippen LogP contribution < -0.4 is 5.69 Å². The van der Waals surface area contributed by atoms with Gasteiger partial charge < -0.3 is 0 Å². The number of hydrogen-bond donors (Lipinski definition) is 0. The Labute approximate surface area is 173 Å². The van der Waals surface area contributed by atoms with Gasteiger partial charge in [-0.3, -0.25) is 14.2 Å². The lowest BCUT2D eigenvalue weighted by Gasteiger charge is -2.03. The Morgan fingerprint density at radius 1 is 1.07 bits per heavy atom. The molecule has 0 aliphatic heterocycles. The highest BCUT2D eigenvalue weighted by Gasteiger charge is 2.18. The number of rotatable bonds is 8. The lowest BCUT2D eigenvalue weighted by molar-refractivity contribution is -0.120. The first-order valence-electron chi connectivity index (χ1n) is 9.34. The van der Waals surface area contributed by atoms with Gasteiger partial charge in [0.15, 0.2) is 11.6 Å². The van der Waals surface area contributed by atoms with E-state index in [1.165, 1.54) is 11.5 Å². The zero-order chi connectivity index (χ0) is 21.0. The molecule has 150 valence electrons. The zero-order valence-electron chi connectivity index (χ0n) is 16.4. The molecule has 0 unspecified atom stereocenters. The molecule has 1 heterocycles. The molecule has 0 radical (unpaired) electrons. The minimum atomic E-state index is -0.478. The molecule has 0 N–H and O–H groups in total. The lowest BCUT2D eigenvalue weighted by atomic mass is 10.1. The summed E-state index contributed by atoms with van der Waals surface area (Å²) >= 11 is 5.93. The van der Waals surface area contributed by atoms with E-state index in [4.69, 9.17) is 11.6 Å². The van der Waals surface area contributed by atoms with Gasteiger partial charge in [0.25, 0.3) is 0 Å². The molecule has 0 amide bonds. The Bertz CT molecular complexity index is 1100. The number of ketones is 2. The van der Waals surface area contributed by atoms with Crippen molar-refractivity contribution in [1.82, 2.24) is 14.3 Å². The van der Waals surface area contributed by atoms with Crippen molar-refractivity contribution < 1.29 is 9.59 Å². The van der Waals surface area contributed by atoms with E-state index in [2.05, 4.69) is 5.10 Å². The summed E-state index contributed by atoms with van der Waals surface area (Å²) in [6.45, 7) is 3.18. The first-order chi connectivity index (χ1) is 13.8. The molecule has 0 atom stereocenters. The lowest BCUT2D eigenvalue weighted by Crippen LogP contribution is -2.29. The monoisotopic (exact) mass is 411 g/mol. The molecule has 6 nitrogen and oxygen atoms in total. The summed E-state index contributed by atoms with van der Waals surface area (Å²) in [5, 5.41) is 4.88. The second kappa shape index (κ2) is 9.01. The molecule has 2 aromatic carbocycles. The summed E-state index contributed by atoms with van der Waals surface area (Å²) in [6.07, 6.45) is 0.916. The van der Waals surface area contributed by atoms with Crippen LogP contribution in [0.1, 0.15) is 24.5 Å². The van der Waals surface area contributed by atoms with E-state index >= 15 is 0 Å². The van der Waals surface area contributed by atoms with Gasteiger partial charge in [0.1, 0.15) is 12.3 Å². The number of carbonyl (C=O) groups excluding carboxylic acids is 2. The molecule has 0 fully saturated rings. The number of Topliss-reactive ketones (excluding diaryl/α,β-unsaturated/α-hetero) is 2. The maximum atomic E-state index is 12.8. The van der Waals surface area contributed by atoms with Gasteiger partial charge in [-0.15, -0.1) is 5.10 Å². The van der Waals surface area contributed by atoms with E-state index in [-0.39, 0.29) is 24.7 Å². The summed E-state index contributed by atoms with van der Waals surface area (Å²) in [6, 6.07) is 14.8. The standard InChI is InChI=1S/C22H22ClN3O3/c1-15-4-3-5-17(12-15)6-11-20(28)14-26-22(29)25(13-16(2)27)21(24-26)18-7-9-19(23)10-8-18/h3-5,7-10,12H,6,11,13-14H2,1-2H3. The number of carbonyl (C=O) groups is 2. The fourth-order valence-corrected chi connectivity index (χ4v) is 3.25. The summed E-state index contributed by atoms with van der Waals surface area (Å²) in [5.74, 6) is 0.0738. The van der Waals surface area contributed by atoms with Gasteiger partial charge in [-0.2, -0.15) is 0 Å². The fourth-order valence-electron chi connectivity index (χ4n) is 3.12. The second-order valence-electron chi connectivity index (χ2n) is 7.09. The smallest absolute Gasteiger partial charge is 0.298 e. The molecule has 7 heteroatoms. The van der Waals surface area contributed by atoms with Gasteiger partial charge in [-0.1, -0.05) is 41.4 Å². The predicted molar refractivity (Wildman–Crippen MR) is 112 cm³/mol. The number of nitrogens with zero attached hydrogens (tertiary/aromatic N) is 3. The molecule has 3 aromatic rings. The summed E-state index contributed by atoms with van der Waals surface area (Å²) in [5.41, 5.74) is 2.39. The molecule has 1 aromatic heterocycles. The first-order valence-corrected chi connectivity index (χ1v) is 9.71. The van der Waals surface area contributed by atoms with Crippen molar-refractivity contribution in [2.24, 2.45) is 0 Å². The van der Waals surface area contributed by atoms with E-state index in [0.717, 1.165) is 15.8 Å². The van der Waals surface area contributed by atoms with Gasteiger partial charge in [-0.05, 0) is 50.1 Å². The molecule has 0 bridgehead atoms. The van der Waals surface area contributed by atoms with Crippen LogP contribution in [0.2, 0.25) is 5.02 Å². The normalized spacial score (nSPS) is 10.9. The third-order valence-corrected chi connectivity index (χ3v) is 4.76. The van der Waals surface area contributed by atoms with E-state index in [1.807, 2.05) is 31.2 Å². The minimum Gasteiger partial charge on any atom is -0.298 e. The van der Waals surface area contributed by atoms with E-state index in [1.54, 1.807) is 24.3 Å². The van der Waals surface area contributed by atoms with Crippen LogP contribution in [0.3, 0.4) is 0 Å². The minimum absolute atomic E-state index is 0.0938. The summed E-state index contributed by atoms with van der Waals surface area (Å²) in [4.78, 5) is 36.8. The van der Waals surface area contributed by atoms with Crippen molar-refractivity contribution in [3.8, 4) is 11.4 Å². The molecular formula is C22H22ClN3O3. The number of aryl methyl sites for hydroxylation is 2. The Morgan fingerprint density at radius 3 is 2.45 bits per heavy atom. The summed E-state index contributed by atoms with van der Waals surface area (Å²) < 4.78 is 2.42. The number of aromatic nitrogens is 3. The maximum Gasteiger partial charge on any atom is 0.347 e. The Hall–Kier alpha value is -2.99. The SMILES string of the molecule is CC(=O)Cn1c(-c2ccc(Cl)cc2)nn(CC(=O)CCc2cccc(C)c2)c1=O. The van der Waals surface area contributed by atoms with Crippen LogP contribution in [0, 0.1) is 6.92 Å². The highest BCUT2D eigenvalue weighted by Crippen LogP contribution is 2.19. The molecule has 0 aliphatic carbocycles. The quantitative estimate of drug-likeness (QED) is 0.569. The Morgan fingerprint density at radius 2 is 1.79 bits per heavy atom. The fraction of sp³-hybridized carbons (Fsp3) is 0.273. The van der Waals surface area contributed by atoms with Crippen LogP contribution in [0.15, 0.2) is 53.3 Å². The van der Waals surface area contributed by atoms with Crippen LogP contribution in [-0.2, 0) is 29.1 Å². The van der Waals surface area contributed by atoms with Crippen molar-refractivity contribution in [3.63, 3.8) is 0 Å². The summed E-state index contributed by atoms with van der Waals surface area (Å²) in [7, 11) is 0. The number of halogens is 1. The second-order valence-corrected chi connectivity index (χ2v) is 7.52. The van der Waals surface area contributed by atoms with E-state index < -0.39 is 5.69 Å². The third-order valence-electron chi connectivity index (χ3n) is 4.51. The van der Waals surface area contributed by atoms with Crippen molar-refractivity contribution in [2.45, 2.75) is 39.8 Å². The van der Waals surface area contributed by atoms with Crippen LogP contribution in [0.25, 0.3) is 11.4 Å². The molecule has 0 saturated carbocycles. The van der Waals surface area contributed by atoms with Crippen molar-refractivity contribution in [3.05, 3.63) is 75.2 Å². The van der Waals surface area contributed by atoms with Crippen molar-refractivity contribution in [2.75, 3.05) is 0 Å². The zero-order valence-corrected chi connectivity index (χ0v) is 17.1. The van der Waals surface area contributed by atoms with Crippen molar-refractivity contribution >= 4 is 23.2 Å². The van der Waals surface area contributed by atoms with E-state index in [9.17, 15) is 14.4 Å². The molecule has 0 saturated heterocycles. The first kappa shape index (κ1) is 20.7. The molecule has 0 aliphatic rings. The largest absolute Gasteiger partial charge is 0.347 e. The van der Waals surface area contributed by atoms with Crippen LogP contribution >= 0.6 is 11.6 Å². The van der Waals surface area contributed by atoms with Crippen LogP contribution in [0.5, 0.6) is 0 Å². The number of benzene rings is 2. The molecule has 3 rings (SSSR count). The predicted octanol–water partition coefficient (Wildman–Crippen LogP) is 3.46. The molecular weight excluding hydrogens is 390 g/mol. The topological polar surface area (TPSA) is 74.0 Å². The Balaban J connectivity index is 1.81. The maximum absolute atomic E-state index is 12.8. The van der Waals surface area contributed by atoms with Crippen molar-refractivity contribution in [1.29, 1.82) is 0 Å². The highest BCUT2D eigenvalue weighted by molar-refractivity contribution is 6.30. The van der Waals surface area contributed by atoms with Crippen LogP contribution in [-0.4, -0.2) is 25.9 Å². The number of hydrogen-bond acceptors (Lipinski definition) is 4. The van der Waals surface area contributed by atoms with Gasteiger partial charge in [0, 0.05) is 17.0 Å². The Kier molecular flexibility index (Phi) is 6.44. The molecule has 0 spiro atoms. The van der Waals surface area contributed by atoms with Gasteiger partial charge in [0.2, 0.25) is 0 Å². The van der Waals surface area contributed by atoms with Gasteiger partial charge >= 0.3 is 5.69 Å². The van der Waals surface area contributed by atoms with Gasteiger partial charge in [-0.25, -0.2) is 9.48 Å². The average molecular weight is 412 g/mol. The third kappa shape index (κ3) is 5.29. The van der Waals surface area contributed by atoms with Crippen LogP contribution in [0.4, 0.5) is 0 Å². The average Bonchev–Trinajstić information content (AvgIpc) is 2.96. The van der Waals surface area contributed by atoms with E-state index in [0.29, 0.717) is 29.3 Å². The highest BCUT2D eigenvalue weighted by atomic mass is 35.5.